The highest BCUT2D eigenvalue weighted by molar-refractivity contribution is 5.87. The van der Waals surface area contributed by atoms with Crippen LogP contribution in [0, 0.1) is 22.7 Å². The van der Waals surface area contributed by atoms with Gasteiger partial charge in [0.1, 0.15) is 11.2 Å². The Morgan fingerprint density at radius 3 is 2.06 bits per heavy atom. The van der Waals surface area contributed by atoms with Gasteiger partial charge >= 0.3 is 0 Å². The molecule has 35 heavy (non-hydrogen) atoms. The first-order valence-corrected chi connectivity index (χ1v) is 13.9. The van der Waals surface area contributed by atoms with Crippen LogP contribution in [0.25, 0.3) is 0 Å². The molecule has 4 aliphatic rings. The van der Waals surface area contributed by atoms with Crippen molar-refractivity contribution in [3.8, 4) is 0 Å². The fourth-order valence-corrected chi connectivity index (χ4v) is 8.04. The molecule has 0 unspecified atom stereocenters. The Labute approximate surface area is 212 Å². The van der Waals surface area contributed by atoms with Gasteiger partial charge in [0.15, 0.2) is 11.6 Å². The number of fused-ring (bicyclic) bond motifs is 2. The third-order valence-corrected chi connectivity index (χ3v) is 10.9. The lowest BCUT2D eigenvalue weighted by molar-refractivity contribution is -0.227. The fourth-order valence-electron chi connectivity index (χ4n) is 8.04. The molecule has 2 aliphatic carbocycles. The normalized spacial score (nSPS) is 45.8. The van der Waals surface area contributed by atoms with E-state index in [2.05, 4.69) is 27.4 Å². The molecule has 7 atom stereocenters. The maximum absolute atomic E-state index is 12.8. The molecular weight excluding hydrogens is 440 g/mol. The summed E-state index contributed by atoms with van der Waals surface area (Å²) < 4.78 is 12.9. The van der Waals surface area contributed by atoms with Gasteiger partial charge in [-0.15, -0.1) is 0 Å². The molecule has 2 heterocycles. The molecule has 0 aromatic rings. The lowest BCUT2D eigenvalue weighted by Crippen LogP contribution is -2.61. The monoisotopic (exact) mass is 488 g/mol. The van der Waals surface area contributed by atoms with E-state index >= 15 is 0 Å². The molecule has 0 aromatic carbocycles. The van der Waals surface area contributed by atoms with Crippen molar-refractivity contribution in [1.29, 1.82) is 0 Å². The highest BCUT2D eigenvalue weighted by atomic mass is 16.5. The molecule has 198 valence electrons. The van der Waals surface area contributed by atoms with Crippen LogP contribution >= 0.6 is 0 Å². The summed E-state index contributed by atoms with van der Waals surface area (Å²) in [6.07, 6.45) is 7.29. The lowest BCUT2D eigenvalue weighted by Gasteiger charge is -2.57. The first-order valence-electron chi connectivity index (χ1n) is 13.9. The van der Waals surface area contributed by atoms with Gasteiger partial charge in [-0.2, -0.15) is 0 Å². The van der Waals surface area contributed by atoms with E-state index in [0.29, 0.717) is 25.7 Å². The molecule has 0 spiro atoms. The number of hydrogen-bond donors (Lipinski definition) is 1. The Hall–Kier alpha value is -1.04. The van der Waals surface area contributed by atoms with Crippen molar-refractivity contribution < 1.29 is 24.2 Å². The molecule has 4 rings (SSSR count). The van der Waals surface area contributed by atoms with Gasteiger partial charge in [0.2, 0.25) is 0 Å². The van der Waals surface area contributed by atoms with Crippen LogP contribution in [0.15, 0.2) is 12.2 Å². The number of allylic oxidation sites excluding steroid dienone is 1. The maximum Gasteiger partial charge on any atom is 0.164 e. The minimum absolute atomic E-state index is 0.0147. The van der Waals surface area contributed by atoms with Crippen LogP contribution in [0.4, 0.5) is 0 Å². The van der Waals surface area contributed by atoms with E-state index in [4.69, 9.17) is 9.47 Å². The van der Waals surface area contributed by atoms with E-state index in [9.17, 15) is 14.7 Å². The standard InChI is InChI=1S/C30H48O5/c1-19-9-11-24-28(7,16-14-22(31)26(3,4)34-24)21(19)13-18-30(33)20(2)10-12-25-29(30,8)17-15-23(32)27(5,6)35-25/h20-21,24-25,33H,1,9-18H2,2-8H3/t20-,21+,24-,25+,28-,29+,30-/m0/s1. The van der Waals surface area contributed by atoms with Gasteiger partial charge in [0.25, 0.3) is 0 Å². The summed E-state index contributed by atoms with van der Waals surface area (Å²) in [5.41, 5.74) is -1.92. The summed E-state index contributed by atoms with van der Waals surface area (Å²) in [7, 11) is 0. The van der Waals surface area contributed by atoms with Gasteiger partial charge in [-0.25, -0.2) is 0 Å². The number of aliphatic hydroxyl groups is 1. The lowest BCUT2D eigenvalue weighted by atomic mass is 9.53. The average molecular weight is 489 g/mol. The van der Waals surface area contributed by atoms with Crippen molar-refractivity contribution in [1.82, 2.24) is 0 Å². The smallest absolute Gasteiger partial charge is 0.164 e. The van der Waals surface area contributed by atoms with Crippen molar-refractivity contribution in [3.05, 3.63) is 12.2 Å². The third-order valence-electron chi connectivity index (χ3n) is 10.9. The van der Waals surface area contributed by atoms with Crippen molar-refractivity contribution in [3.63, 3.8) is 0 Å². The number of Topliss-reactive ketones (excluding diaryl/α,β-unsaturated/α-hetero) is 2. The first kappa shape index (κ1) is 27.0. The second-order valence-electron chi connectivity index (χ2n) is 13.7. The van der Waals surface area contributed by atoms with E-state index < -0.39 is 22.2 Å². The predicted octanol–water partition coefficient (Wildman–Crippen LogP) is 5.96. The molecule has 1 N–H and O–H groups in total. The number of carbonyl (C=O) groups excluding carboxylic acids is 2. The van der Waals surface area contributed by atoms with Gasteiger partial charge in [-0.05, 0) is 90.9 Å². The summed E-state index contributed by atoms with van der Waals surface area (Å²) in [5.74, 6) is 0.611. The number of carbonyl (C=O) groups is 2. The summed E-state index contributed by atoms with van der Waals surface area (Å²) in [4.78, 5) is 25.6. The van der Waals surface area contributed by atoms with Crippen LogP contribution in [0.5, 0.6) is 0 Å². The molecule has 5 nitrogen and oxygen atoms in total. The quantitative estimate of drug-likeness (QED) is 0.496. The summed E-state index contributed by atoms with van der Waals surface area (Å²) in [5, 5.41) is 12.4. The van der Waals surface area contributed by atoms with Crippen molar-refractivity contribution in [2.45, 2.75) is 142 Å². The molecule has 4 fully saturated rings. The molecule has 0 aromatic heterocycles. The second kappa shape index (κ2) is 8.77. The first-order chi connectivity index (χ1) is 16.1. The summed E-state index contributed by atoms with van der Waals surface area (Å²) in [6, 6.07) is 0. The second-order valence-corrected chi connectivity index (χ2v) is 13.7. The van der Waals surface area contributed by atoms with E-state index in [1.165, 1.54) is 5.57 Å². The topological polar surface area (TPSA) is 72.8 Å². The molecule has 0 bridgehead atoms. The molecule has 2 saturated carbocycles. The zero-order valence-corrected chi connectivity index (χ0v) is 23.2. The van der Waals surface area contributed by atoms with Crippen LogP contribution in [-0.4, -0.2) is 45.7 Å². The predicted molar refractivity (Wildman–Crippen MR) is 137 cm³/mol. The SMILES string of the molecule is C=C1CC[C@@H]2OC(C)(C)C(=O)CC[C@@]2(C)[C@@H]1CC[C@]1(O)[C@@H](C)CC[C@H]2OC(C)(C)C(=O)CC[C@]21C. The Balaban J connectivity index is 1.62. The molecule has 2 saturated heterocycles. The highest BCUT2D eigenvalue weighted by Gasteiger charge is 2.60. The van der Waals surface area contributed by atoms with E-state index in [1.54, 1.807) is 0 Å². The van der Waals surface area contributed by atoms with E-state index in [0.717, 1.165) is 38.5 Å². The molecule has 2 aliphatic heterocycles. The van der Waals surface area contributed by atoms with Gasteiger partial charge < -0.3 is 14.6 Å². The van der Waals surface area contributed by atoms with Gasteiger partial charge in [-0.1, -0.05) is 32.9 Å². The number of ether oxygens (including phenoxy) is 2. The maximum atomic E-state index is 12.8. The van der Waals surface area contributed by atoms with E-state index in [1.807, 2.05) is 27.7 Å². The Kier molecular flexibility index (Phi) is 6.77. The Bertz CT molecular complexity index is 889. The fraction of sp³-hybridized carbons (Fsp3) is 0.867. The van der Waals surface area contributed by atoms with Gasteiger partial charge in [0, 0.05) is 23.7 Å². The summed E-state index contributed by atoms with van der Waals surface area (Å²) >= 11 is 0. The number of hydrogen-bond acceptors (Lipinski definition) is 5. The van der Waals surface area contributed by atoms with Crippen molar-refractivity contribution in [2.75, 3.05) is 0 Å². The van der Waals surface area contributed by atoms with E-state index in [-0.39, 0.29) is 41.0 Å². The highest BCUT2D eigenvalue weighted by Crippen LogP contribution is 2.58. The number of ketones is 2. The minimum Gasteiger partial charge on any atom is -0.389 e. The number of rotatable bonds is 3. The zero-order valence-electron chi connectivity index (χ0n) is 23.2. The van der Waals surface area contributed by atoms with Crippen LogP contribution in [-0.2, 0) is 19.1 Å². The van der Waals surface area contributed by atoms with Crippen LogP contribution in [0.1, 0.15) is 113 Å². The zero-order chi connectivity index (χ0) is 26.0. The van der Waals surface area contributed by atoms with Gasteiger partial charge in [-0.3, -0.25) is 9.59 Å². The van der Waals surface area contributed by atoms with Crippen LogP contribution < -0.4 is 0 Å². The third kappa shape index (κ3) is 4.28. The molecule has 5 heteroatoms. The Morgan fingerprint density at radius 2 is 1.43 bits per heavy atom. The van der Waals surface area contributed by atoms with Crippen LogP contribution in [0.3, 0.4) is 0 Å². The average Bonchev–Trinajstić information content (AvgIpc) is 2.92. The van der Waals surface area contributed by atoms with Crippen LogP contribution in [0.2, 0.25) is 0 Å². The van der Waals surface area contributed by atoms with Crippen molar-refractivity contribution in [2.24, 2.45) is 22.7 Å². The minimum atomic E-state index is -0.930. The van der Waals surface area contributed by atoms with Crippen molar-refractivity contribution >= 4 is 11.6 Å². The molecule has 0 amide bonds. The molecule has 0 radical (unpaired) electrons. The Morgan fingerprint density at radius 1 is 0.857 bits per heavy atom. The van der Waals surface area contributed by atoms with Gasteiger partial charge in [0.05, 0.1) is 17.8 Å². The summed E-state index contributed by atoms with van der Waals surface area (Å²) in [6.45, 7) is 18.6. The molecular formula is C30H48O5. The largest absolute Gasteiger partial charge is 0.389 e.